The van der Waals surface area contributed by atoms with Gasteiger partial charge in [0, 0.05) is 31.3 Å². The van der Waals surface area contributed by atoms with E-state index in [9.17, 15) is 4.79 Å². The standard InChI is InChI=1S/C31H39N7O2/c1-3-8-25(26-9-6-10-29(20-26)40-18-5-4-15-32)19-27-22-38(31(39)37-23(27)2)28-13-11-24(12-14-28)21-35-16-7-17-36-30(33)34/h6,9-14,19-20,22,35H,3-5,7-8,16-18,21H2,1-2H3,(H4,33,34,36)/b25-19+. The van der Waals surface area contributed by atoms with Gasteiger partial charge >= 0.3 is 5.69 Å². The van der Waals surface area contributed by atoms with Crippen molar-refractivity contribution in [2.75, 3.05) is 19.7 Å². The Morgan fingerprint density at radius 1 is 1.20 bits per heavy atom. The molecule has 1 aromatic heterocycles. The fourth-order valence-electron chi connectivity index (χ4n) is 4.18. The van der Waals surface area contributed by atoms with Crippen LogP contribution in [0, 0.1) is 18.3 Å². The number of nitrogens with one attached hydrogen (secondary N) is 1. The van der Waals surface area contributed by atoms with Crippen molar-refractivity contribution in [2.45, 2.75) is 52.5 Å². The number of rotatable bonds is 15. The van der Waals surface area contributed by atoms with Crippen molar-refractivity contribution < 1.29 is 4.74 Å². The Bertz CT molecular complexity index is 1400. The second-order valence-corrected chi connectivity index (χ2v) is 9.50. The van der Waals surface area contributed by atoms with Crippen molar-refractivity contribution in [3.05, 3.63) is 87.6 Å². The van der Waals surface area contributed by atoms with Gasteiger partial charge in [0.2, 0.25) is 0 Å². The topological polar surface area (TPSA) is 144 Å². The molecule has 40 heavy (non-hydrogen) atoms. The van der Waals surface area contributed by atoms with E-state index in [1.165, 1.54) is 0 Å². The lowest BCUT2D eigenvalue weighted by atomic mass is 9.98. The number of nitriles is 1. The molecule has 0 atom stereocenters. The Hall–Kier alpha value is -4.42. The molecule has 9 heteroatoms. The van der Waals surface area contributed by atoms with Crippen LogP contribution < -0.4 is 27.2 Å². The van der Waals surface area contributed by atoms with Gasteiger partial charge < -0.3 is 21.5 Å². The van der Waals surface area contributed by atoms with Crippen molar-refractivity contribution in [3.63, 3.8) is 0 Å². The fraction of sp³-hybridized carbons (Fsp3) is 0.355. The maximum absolute atomic E-state index is 12.8. The lowest BCUT2D eigenvalue weighted by Gasteiger charge is -2.13. The summed E-state index contributed by atoms with van der Waals surface area (Å²) in [6, 6.07) is 18.0. The Balaban J connectivity index is 1.78. The molecule has 2 aromatic carbocycles. The maximum atomic E-state index is 12.8. The van der Waals surface area contributed by atoms with Crippen LogP contribution in [0.15, 0.2) is 64.5 Å². The van der Waals surface area contributed by atoms with E-state index in [2.05, 4.69) is 40.4 Å². The molecule has 1 heterocycles. The van der Waals surface area contributed by atoms with Crippen LogP contribution in [0.4, 0.5) is 0 Å². The molecule has 9 nitrogen and oxygen atoms in total. The van der Waals surface area contributed by atoms with E-state index < -0.39 is 0 Å². The van der Waals surface area contributed by atoms with Crippen LogP contribution in [-0.2, 0) is 6.54 Å². The zero-order valence-corrected chi connectivity index (χ0v) is 23.4. The molecule has 0 aliphatic heterocycles. The number of benzene rings is 2. The number of nitrogens with zero attached hydrogens (tertiary/aromatic N) is 4. The quantitative estimate of drug-likeness (QED) is 0.148. The molecular formula is C31H39N7O2. The van der Waals surface area contributed by atoms with Crippen molar-refractivity contribution in [1.29, 1.82) is 5.26 Å². The van der Waals surface area contributed by atoms with Crippen LogP contribution in [0.2, 0.25) is 0 Å². The van der Waals surface area contributed by atoms with E-state index in [0.717, 1.165) is 59.5 Å². The molecule has 5 N–H and O–H groups in total. The van der Waals surface area contributed by atoms with Crippen molar-refractivity contribution in [2.24, 2.45) is 16.5 Å². The van der Waals surface area contributed by atoms with E-state index in [-0.39, 0.29) is 11.6 Å². The van der Waals surface area contributed by atoms with Gasteiger partial charge in [-0.15, -0.1) is 0 Å². The predicted molar refractivity (Wildman–Crippen MR) is 161 cm³/mol. The average Bonchev–Trinajstić information content (AvgIpc) is 2.94. The van der Waals surface area contributed by atoms with Crippen LogP contribution in [-0.4, -0.2) is 35.2 Å². The Morgan fingerprint density at radius 2 is 2.00 bits per heavy atom. The fourth-order valence-corrected chi connectivity index (χ4v) is 4.18. The lowest BCUT2D eigenvalue weighted by Crippen LogP contribution is -2.23. The van der Waals surface area contributed by atoms with E-state index in [1.54, 1.807) is 4.57 Å². The minimum atomic E-state index is -0.315. The summed E-state index contributed by atoms with van der Waals surface area (Å²) in [7, 11) is 0. The number of guanidine groups is 1. The highest BCUT2D eigenvalue weighted by Crippen LogP contribution is 2.27. The number of aliphatic imine (C=N–C) groups is 1. The Morgan fingerprint density at radius 3 is 2.73 bits per heavy atom. The highest BCUT2D eigenvalue weighted by Gasteiger charge is 2.09. The first-order valence-corrected chi connectivity index (χ1v) is 13.7. The smallest absolute Gasteiger partial charge is 0.352 e. The normalized spacial score (nSPS) is 11.2. The number of hydrogen-bond acceptors (Lipinski definition) is 6. The second-order valence-electron chi connectivity index (χ2n) is 9.50. The molecule has 0 bridgehead atoms. The molecule has 210 valence electrons. The zero-order chi connectivity index (χ0) is 28.7. The largest absolute Gasteiger partial charge is 0.494 e. The average molecular weight is 542 g/mol. The van der Waals surface area contributed by atoms with Crippen LogP contribution in [0.3, 0.4) is 0 Å². The maximum Gasteiger partial charge on any atom is 0.352 e. The van der Waals surface area contributed by atoms with Gasteiger partial charge in [0.05, 0.1) is 24.1 Å². The van der Waals surface area contributed by atoms with Crippen LogP contribution in [0.25, 0.3) is 17.3 Å². The van der Waals surface area contributed by atoms with Gasteiger partial charge in [-0.25, -0.2) is 4.79 Å². The van der Waals surface area contributed by atoms with Crippen molar-refractivity contribution in [1.82, 2.24) is 14.9 Å². The molecule has 0 amide bonds. The monoisotopic (exact) mass is 541 g/mol. The molecular weight excluding hydrogens is 502 g/mol. The first-order valence-electron chi connectivity index (χ1n) is 13.7. The van der Waals surface area contributed by atoms with Crippen LogP contribution in [0.5, 0.6) is 5.75 Å². The number of nitrogens with two attached hydrogens (primary N) is 2. The first-order chi connectivity index (χ1) is 19.4. The van der Waals surface area contributed by atoms with Gasteiger partial charge in [-0.05, 0) is 79.8 Å². The number of unbranched alkanes of at least 4 members (excludes halogenated alkanes) is 1. The third-order valence-electron chi connectivity index (χ3n) is 6.26. The summed E-state index contributed by atoms with van der Waals surface area (Å²) in [5.41, 5.74) is 16.0. The summed E-state index contributed by atoms with van der Waals surface area (Å²) in [4.78, 5) is 21.1. The van der Waals surface area contributed by atoms with E-state index in [1.807, 2.05) is 55.6 Å². The number of aryl methyl sites for hydroxylation is 1. The summed E-state index contributed by atoms with van der Waals surface area (Å²) in [5.74, 6) is 0.889. The number of aromatic nitrogens is 2. The number of ether oxygens (including phenoxy) is 1. The van der Waals surface area contributed by atoms with E-state index in [4.69, 9.17) is 21.5 Å². The van der Waals surface area contributed by atoms with E-state index in [0.29, 0.717) is 38.2 Å². The van der Waals surface area contributed by atoms with Gasteiger partial charge in [0.1, 0.15) is 5.75 Å². The molecule has 0 unspecified atom stereocenters. The second kappa shape index (κ2) is 15.9. The molecule has 3 aromatic rings. The molecule has 0 radical (unpaired) electrons. The molecule has 3 rings (SSSR count). The molecule has 0 aliphatic carbocycles. The van der Waals surface area contributed by atoms with Crippen molar-refractivity contribution >= 4 is 17.6 Å². The highest BCUT2D eigenvalue weighted by molar-refractivity contribution is 5.82. The molecule has 0 saturated heterocycles. The summed E-state index contributed by atoms with van der Waals surface area (Å²) in [6.45, 7) is 6.61. The van der Waals surface area contributed by atoms with Crippen molar-refractivity contribution in [3.8, 4) is 17.5 Å². The number of allylic oxidation sites excluding steroid dienone is 1. The SMILES string of the molecule is CCC/C(=C\c1cn(-c2ccc(CNCCCN=C(N)N)cc2)c(=O)nc1C)c1cccc(OCCCC#N)c1. The van der Waals surface area contributed by atoms with E-state index >= 15 is 0 Å². The van der Waals surface area contributed by atoms with Gasteiger partial charge in [-0.3, -0.25) is 9.56 Å². The third kappa shape index (κ3) is 9.40. The molecule has 0 spiro atoms. The highest BCUT2D eigenvalue weighted by atomic mass is 16.5. The summed E-state index contributed by atoms with van der Waals surface area (Å²) < 4.78 is 7.44. The summed E-state index contributed by atoms with van der Waals surface area (Å²) >= 11 is 0. The Kier molecular flexibility index (Phi) is 11.9. The molecule has 0 aliphatic rings. The minimum Gasteiger partial charge on any atom is -0.494 e. The van der Waals surface area contributed by atoms with Gasteiger partial charge in [0.25, 0.3) is 0 Å². The molecule has 0 saturated carbocycles. The zero-order valence-electron chi connectivity index (χ0n) is 23.4. The van der Waals surface area contributed by atoms with Crippen LogP contribution >= 0.6 is 0 Å². The lowest BCUT2D eigenvalue weighted by molar-refractivity contribution is 0.312. The minimum absolute atomic E-state index is 0.111. The van der Waals surface area contributed by atoms with Crippen LogP contribution in [0.1, 0.15) is 61.4 Å². The summed E-state index contributed by atoms with van der Waals surface area (Å²) in [5, 5.41) is 12.1. The third-order valence-corrected chi connectivity index (χ3v) is 6.26. The Labute approximate surface area is 236 Å². The first kappa shape index (κ1) is 30.1. The number of hydrogen-bond donors (Lipinski definition) is 3. The molecule has 0 fully saturated rings. The van der Waals surface area contributed by atoms with Gasteiger partial charge in [0.15, 0.2) is 5.96 Å². The summed E-state index contributed by atoms with van der Waals surface area (Å²) in [6.07, 6.45) is 7.82. The van der Waals surface area contributed by atoms with Gasteiger partial charge in [-0.2, -0.15) is 10.2 Å². The predicted octanol–water partition coefficient (Wildman–Crippen LogP) is 4.32. The van der Waals surface area contributed by atoms with Gasteiger partial charge in [-0.1, -0.05) is 37.6 Å².